The van der Waals surface area contributed by atoms with E-state index in [-0.39, 0.29) is 0 Å². The molecule has 4 rings (SSSR count). The fourth-order valence-corrected chi connectivity index (χ4v) is 4.92. The van der Waals surface area contributed by atoms with E-state index in [1.165, 1.54) is 31.4 Å². The number of quaternary nitrogens is 1. The lowest BCUT2D eigenvalue weighted by atomic mass is 10.00. The van der Waals surface area contributed by atoms with E-state index in [4.69, 9.17) is 4.74 Å². The zero-order valence-corrected chi connectivity index (χ0v) is 17.3. The summed E-state index contributed by atoms with van der Waals surface area (Å²) in [6.07, 6.45) is 5.01. The van der Waals surface area contributed by atoms with Gasteiger partial charge >= 0.3 is 0 Å². The largest absolute Gasteiger partial charge is 0.497 e. The summed E-state index contributed by atoms with van der Waals surface area (Å²) >= 11 is 0. The molecule has 2 aliphatic rings. The number of hydrogen-bond donors (Lipinski definition) is 1. The van der Waals surface area contributed by atoms with Gasteiger partial charge in [-0.15, -0.1) is 5.10 Å². The van der Waals surface area contributed by atoms with Crippen LogP contribution in [-0.4, -0.2) is 53.5 Å². The second kappa shape index (κ2) is 8.47. The number of rotatable bonds is 6. The molecule has 0 amide bonds. The summed E-state index contributed by atoms with van der Waals surface area (Å²) in [4.78, 5) is 4.08. The van der Waals surface area contributed by atoms with Gasteiger partial charge in [0.25, 0.3) is 0 Å². The summed E-state index contributed by atoms with van der Waals surface area (Å²) in [6, 6.07) is 9.25. The number of aromatic nitrogens is 4. The third kappa shape index (κ3) is 3.85. The summed E-state index contributed by atoms with van der Waals surface area (Å²) in [5.41, 5.74) is 1.27. The van der Waals surface area contributed by atoms with Crippen LogP contribution in [0.1, 0.15) is 57.4 Å². The van der Waals surface area contributed by atoms with E-state index >= 15 is 0 Å². The van der Waals surface area contributed by atoms with Gasteiger partial charge in [0.05, 0.1) is 39.3 Å². The third-order valence-electron chi connectivity index (χ3n) is 6.42. The highest BCUT2D eigenvalue weighted by Crippen LogP contribution is 2.31. The second-order valence-electron chi connectivity index (χ2n) is 8.48. The van der Waals surface area contributed by atoms with Gasteiger partial charge in [0.2, 0.25) is 5.82 Å². The number of tetrazole rings is 1. The van der Waals surface area contributed by atoms with Gasteiger partial charge in [0, 0.05) is 11.6 Å². The maximum Gasteiger partial charge on any atom is 0.209 e. The molecule has 1 aromatic heterocycles. The Morgan fingerprint density at radius 2 is 1.75 bits per heavy atom. The van der Waals surface area contributed by atoms with E-state index in [1.54, 1.807) is 12.0 Å². The summed E-state index contributed by atoms with van der Waals surface area (Å²) < 4.78 is 7.44. The summed E-state index contributed by atoms with van der Waals surface area (Å²) in [7, 11) is 1.71. The minimum absolute atomic E-state index is 0.355. The molecule has 0 unspecified atom stereocenters. The van der Waals surface area contributed by atoms with Crippen LogP contribution in [0.3, 0.4) is 0 Å². The Morgan fingerprint density at radius 1 is 1.07 bits per heavy atom. The first-order valence-corrected chi connectivity index (χ1v) is 10.7. The van der Waals surface area contributed by atoms with E-state index in [0.29, 0.717) is 18.0 Å². The normalized spacial score (nSPS) is 20.1. The Labute approximate surface area is 167 Å². The maximum atomic E-state index is 5.28. The monoisotopic (exact) mass is 385 g/mol. The molecule has 1 aromatic carbocycles. The Balaban J connectivity index is 1.46. The topological polar surface area (TPSA) is 60.5 Å². The van der Waals surface area contributed by atoms with Crippen molar-refractivity contribution in [3.63, 3.8) is 0 Å². The fourth-order valence-electron chi connectivity index (χ4n) is 4.92. The van der Waals surface area contributed by atoms with E-state index < -0.39 is 0 Å². The number of methoxy groups -OCH3 is 1. The van der Waals surface area contributed by atoms with Crippen molar-refractivity contribution < 1.29 is 9.64 Å². The molecule has 7 nitrogen and oxygen atoms in total. The smallest absolute Gasteiger partial charge is 0.209 e. The van der Waals surface area contributed by atoms with Crippen molar-refractivity contribution in [1.29, 1.82) is 0 Å². The number of piperazine rings is 1. The molecule has 28 heavy (non-hydrogen) atoms. The predicted molar refractivity (Wildman–Crippen MR) is 109 cm³/mol. The Morgan fingerprint density at radius 3 is 2.36 bits per heavy atom. The van der Waals surface area contributed by atoms with Gasteiger partial charge in [0.15, 0.2) is 6.04 Å². The van der Waals surface area contributed by atoms with Crippen LogP contribution in [-0.2, 0) is 0 Å². The van der Waals surface area contributed by atoms with Gasteiger partial charge in [-0.05, 0) is 47.5 Å². The molecule has 0 bridgehead atoms. The van der Waals surface area contributed by atoms with Crippen molar-refractivity contribution in [2.24, 2.45) is 5.92 Å². The quantitative estimate of drug-likeness (QED) is 0.823. The SMILES string of the molecule is COc1ccc(N2CC[NH+]([C@H](c3nnnn3C3CCCC3)C(C)C)CC2)cc1. The van der Waals surface area contributed by atoms with E-state index in [1.807, 2.05) is 12.1 Å². The number of nitrogens with zero attached hydrogens (tertiary/aromatic N) is 5. The van der Waals surface area contributed by atoms with Crippen molar-refractivity contribution in [1.82, 2.24) is 20.2 Å². The molecule has 1 aliphatic carbocycles. The molecule has 1 aliphatic heterocycles. The van der Waals surface area contributed by atoms with Crippen molar-refractivity contribution >= 4 is 5.69 Å². The third-order valence-corrected chi connectivity index (χ3v) is 6.42. The molecular weight excluding hydrogens is 352 g/mol. The average molecular weight is 386 g/mol. The number of hydrogen-bond acceptors (Lipinski definition) is 5. The molecule has 7 heteroatoms. The Kier molecular flexibility index (Phi) is 5.80. The molecule has 0 spiro atoms. The van der Waals surface area contributed by atoms with Gasteiger partial charge < -0.3 is 14.5 Å². The molecule has 1 atom stereocenters. The Hall–Kier alpha value is -2.15. The van der Waals surface area contributed by atoms with Gasteiger partial charge in [0.1, 0.15) is 5.75 Å². The lowest BCUT2D eigenvalue weighted by molar-refractivity contribution is -0.937. The van der Waals surface area contributed by atoms with Crippen molar-refractivity contribution in [2.75, 3.05) is 38.2 Å². The summed E-state index contributed by atoms with van der Waals surface area (Å²) in [5.74, 6) is 2.51. The van der Waals surface area contributed by atoms with Gasteiger partial charge in [-0.3, -0.25) is 0 Å². The minimum atomic E-state index is 0.355. The van der Waals surface area contributed by atoms with Crippen LogP contribution in [0.15, 0.2) is 24.3 Å². The highest BCUT2D eigenvalue weighted by molar-refractivity contribution is 5.49. The first-order valence-electron chi connectivity index (χ1n) is 10.7. The highest BCUT2D eigenvalue weighted by Gasteiger charge is 2.36. The number of ether oxygens (including phenoxy) is 1. The minimum Gasteiger partial charge on any atom is -0.497 e. The Bertz CT molecular complexity index is 745. The van der Waals surface area contributed by atoms with Crippen LogP contribution in [0.4, 0.5) is 5.69 Å². The summed E-state index contributed by atoms with van der Waals surface area (Å²) in [5, 5.41) is 13.0. The standard InChI is InChI=1S/C21H32N6O/c1-16(2)20(21-22-23-24-27(21)18-6-4-5-7-18)26-14-12-25(13-15-26)17-8-10-19(28-3)11-9-17/h8-11,16,18,20H,4-7,12-15H2,1-3H3/p+1/t20-/m0/s1. The summed E-state index contributed by atoms with van der Waals surface area (Å²) in [6.45, 7) is 8.92. The van der Waals surface area contributed by atoms with Gasteiger partial charge in [-0.1, -0.05) is 26.7 Å². The van der Waals surface area contributed by atoms with Gasteiger partial charge in [-0.25, -0.2) is 4.68 Å². The van der Waals surface area contributed by atoms with E-state index in [2.05, 4.69) is 51.1 Å². The predicted octanol–water partition coefficient (Wildman–Crippen LogP) is 1.90. The molecule has 2 fully saturated rings. The van der Waals surface area contributed by atoms with Crippen LogP contribution in [0.25, 0.3) is 0 Å². The highest BCUT2D eigenvalue weighted by atomic mass is 16.5. The molecule has 1 saturated carbocycles. The molecule has 1 saturated heterocycles. The van der Waals surface area contributed by atoms with Crippen LogP contribution >= 0.6 is 0 Å². The fraction of sp³-hybridized carbons (Fsp3) is 0.667. The lowest BCUT2D eigenvalue weighted by Crippen LogP contribution is -3.15. The van der Waals surface area contributed by atoms with E-state index in [0.717, 1.165) is 37.8 Å². The average Bonchev–Trinajstić information content (AvgIpc) is 3.40. The molecule has 2 aromatic rings. The number of benzene rings is 1. The first kappa shape index (κ1) is 19.2. The maximum absolute atomic E-state index is 5.28. The van der Waals surface area contributed by atoms with Crippen molar-refractivity contribution in [3.05, 3.63) is 30.1 Å². The lowest BCUT2D eigenvalue weighted by Gasteiger charge is -2.38. The zero-order chi connectivity index (χ0) is 19.5. The number of nitrogens with one attached hydrogen (secondary N) is 1. The van der Waals surface area contributed by atoms with Gasteiger partial charge in [-0.2, -0.15) is 0 Å². The van der Waals surface area contributed by atoms with Crippen LogP contribution < -0.4 is 14.5 Å². The van der Waals surface area contributed by atoms with Crippen LogP contribution in [0.5, 0.6) is 5.75 Å². The second-order valence-corrected chi connectivity index (χ2v) is 8.48. The molecule has 0 radical (unpaired) electrons. The van der Waals surface area contributed by atoms with Crippen LogP contribution in [0.2, 0.25) is 0 Å². The van der Waals surface area contributed by atoms with Crippen LogP contribution in [0, 0.1) is 5.92 Å². The van der Waals surface area contributed by atoms with Crippen molar-refractivity contribution in [3.8, 4) is 5.75 Å². The van der Waals surface area contributed by atoms with Crippen molar-refractivity contribution in [2.45, 2.75) is 51.6 Å². The molecular formula is C21H33N6O+. The van der Waals surface area contributed by atoms with E-state index in [9.17, 15) is 0 Å². The number of anilines is 1. The molecule has 152 valence electrons. The first-order chi connectivity index (χ1) is 13.7. The molecule has 1 N–H and O–H groups in total. The molecule has 2 heterocycles. The zero-order valence-electron chi connectivity index (χ0n) is 17.3.